The first-order valence-electron chi connectivity index (χ1n) is 3.35. The van der Waals surface area contributed by atoms with Gasteiger partial charge >= 0.3 is 4.87 Å². The molecule has 1 aromatic rings. The molecule has 0 aliphatic carbocycles. The number of unbranched alkanes of at least 4 members (excludes halogenated alkanes) is 1. The average Bonchev–Trinajstić information content (AvgIpc) is 2.37. The van der Waals surface area contributed by atoms with Crippen molar-refractivity contribution in [3.63, 3.8) is 0 Å². The molecule has 3 nitrogen and oxygen atoms in total. The molecule has 0 bridgehead atoms. The van der Waals surface area contributed by atoms with Gasteiger partial charge in [-0.2, -0.15) is 5.26 Å². The molecule has 0 aromatic carbocycles. The van der Waals surface area contributed by atoms with Gasteiger partial charge < -0.3 is 4.57 Å². The molecule has 11 heavy (non-hydrogen) atoms. The molecule has 58 valence electrons. The molecule has 1 rings (SSSR count). The lowest BCUT2D eigenvalue weighted by atomic mass is 10.3. The fraction of sp³-hybridized carbons (Fsp3) is 0.429. The van der Waals surface area contributed by atoms with E-state index in [1.54, 1.807) is 16.1 Å². The zero-order valence-corrected chi connectivity index (χ0v) is 6.80. The van der Waals surface area contributed by atoms with Crippen molar-refractivity contribution >= 4 is 11.3 Å². The molecule has 0 saturated carbocycles. The number of hydrogen-bond acceptors (Lipinski definition) is 3. The predicted molar refractivity (Wildman–Crippen MR) is 43.4 cm³/mol. The van der Waals surface area contributed by atoms with Crippen molar-refractivity contribution in [3.8, 4) is 6.07 Å². The molecule has 0 amide bonds. The van der Waals surface area contributed by atoms with Gasteiger partial charge in [-0.3, -0.25) is 4.79 Å². The molecule has 0 saturated heterocycles. The van der Waals surface area contributed by atoms with Crippen LogP contribution >= 0.6 is 11.3 Å². The summed E-state index contributed by atoms with van der Waals surface area (Å²) < 4.78 is 1.63. The van der Waals surface area contributed by atoms with Crippen molar-refractivity contribution in [3.05, 3.63) is 21.2 Å². The van der Waals surface area contributed by atoms with Crippen LogP contribution in [0.4, 0.5) is 0 Å². The Morgan fingerprint density at radius 2 is 2.55 bits per heavy atom. The van der Waals surface area contributed by atoms with E-state index in [1.165, 1.54) is 11.3 Å². The van der Waals surface area contributed by atoms with Crippen LogP contribution in [0.25, 0.3) is 0 Å². The fourth-order valence-electron chi connectivity index (χ4n) is 0.785. The van der Waals surface area contributed by atoms with Crippen molar-refractivity contribution in [1.29, 1.82) is 5.26 Å². The molecule has 1 heterocycles. The Hall–Kier alpha value is -1.08. The van der Waals surface area contributed by atoms with Gasteiger partial charge in [-0.25, -0.2) is 0 Å². The lowest BCUT2D eigenvalue weighted by Gasteiger charge is -1.95. The predicted octanol–water partition coefficient (Wildman–Crippen LogP) is 1.21. The van der Waals surface area contributed by atoms with Gasteiger partial charge in [-0.1, -0.05) is 11.3 Å². The van der Waals surface area contributed by atoms with E-state index in [9.17, 15) is 4.79 Å². The van der Waals surface area contributed by atoms with E-state index >= 15 is 0 Å². The minimum Gasteiger partial charge on any atom is -0.306 e. The number of nitriles is 1. The maximum Gasteiger partial charge on any atom is 0.307 e. The minimum atomic E-state index is 0.0583. The maximum absolute atomic E-state index is 10.9. The van der Waals surface area contributed by atoms with Gasteiger partial charge in [-0.05, 0) is 6.42 Å². The molecule has 0 aliphatic heterocycles. The molecule has 0 unspecified atom stereocenters. The molecule has 0 fully saturated rings. The summed E-state index contributed by atoms with van der Waals surface area (Å²) in [6, 6.07) is 2.04. The number of aromatic nitrogens is 1. The summed E-state index contributed by atoms with van der Waals surface area (Å²) in [5.41, 5.74) is 0. The van der Waals surface area contributed by atoms with Crippen molar-refractivity contribution < 1.29 is 0 Å². The van der Waals surface area contributed by atoms with Crippen LogP contribution < -0.4 is 4.87 Å². The van der Waals surface area contributed by atoms with Crippen molar-refractivity contribution in [2.45, 2.75) is 19.4 Å². The number of aryl methyl sites for hydroxylation is 1. The summed E-state index contributed by atoms with van der Waals surface area (Å²) in [4.78, 5) is 11.0. The lowest BCUT2D eigenvalue weighted by molar-refractivity contribution is 0.645. The quantitative estimate of drug-likeness (QED) is 0.637. The van der Waals surface area contributed by atoms with Gasteiger partial charge in [0.15, 0.2) is 0 Å². The fourth-order valence-corrected chi connectivity index (χ4v) is 1.40. The monoisotopic (exact) mass is 168 g/mol. The molecule has 0 radical (unpaired) electrons. The zero-order valence-electron chi connectivity index (χ0n) is 5.99. The summed E-state index contributed by atoms with van der Waals surface area (Å²) >= 11 is 1.19. The normalized spacial score (nSPS) is 9.36. The largest absolute Gasteiger partial charge is 0.307 e. The molecule has 0 atom stereocenters. The van der Waals surface area contributed by atoms with Crippen LogP contribution in [-0.2, 0) is 6.54 Å². The summed E-state index contributed by atoms with van der Waals surface area (Å²) in [5.74, 6) is 0. The van der Waals surface area contributed by atoms with Gasteiger partial charge in [0.2, 0.25) is 0 Å². The molecule has 1 aromatic heterocycles. The van der Waals surface area contributed by atoms with Crippen molar-refractivity contribution in [2.75, 3.05) is 0 Å². The molecule has 4 heteroatoms. The first-order chi connectivity index (χ1) is 5.34. The standard InChI is InChI=1S/C7H8N2OS/c8-3-1-2-4-9-5-6-11-7(9)10/h5-6H,1-2,4H2. The SMILES string of the molecule is N#CCCCn1ccsc1=O. The third kappa shape index (κ3) is 2.20. The van der Waals surface area contributed by atoms with E-state index in [2.05, 4.69) is 0 Å². The van der Waals surface area contributed by atoms with E-state index in [-0.39, 0.29) is 4.87 Å². The van der Waals surface area contributed by atoms with Gasteiger partial charge in [0.1, 0.15) is 0 Å². The number of nitrogens with zero attached hydrogens (tertiary/aromatic N) is 2. The lowest BCUT2D eigenvalue weighted by Crippen LogP contribution is -2.11. The Balaban J connectivity index is 2.46. The Morgan fingerprint density at radius 1 is 1.73 bits per heavy atom. The van der Waals surface area contributed by atoms with Gasteiger partial charge in [0, 0.05) is 24.5 Å². The Morgan fingerprint density at radius 3 is 3.09 bits per heavy atom. The van der Waals surface area contributed by atoms with Crippen LogP contribution in [0.5, 0.6) is 0 Å². The Kier molecular flexibility index (Phi) is 2.87. The summed E-state index contributed by atoms with van der Waals surface area (Å²) in [5, 5.41) is 9.99. The number of rotatable bonds is 3. The van der Waals surface area contributed by atoms with Gasteiger partial charge in [0.25, 0.3) is 0 Å². The summed E-state index contributed by atoms with van der Waals surface area (Å²) in [6.07, 6.45) is 3.03. The number of hydrogen-bond donors (Lipinski definition) is 0. The second kappa shape index (κ2) is 3.94. The Labute approximate surface area is 68.5 Å². The van der Waals surface area contributed by atoms with E-state index in [1.807, 2.05) is 6.07 Å². The molecular formula is C7H8N2OS. The second-order valence-electron chi connectivity index (χ2n) is 2.12. The topological polar surface area (TPSA) is 45.8 Å². The number of thiazole rings is 1. The van der Waals surface area contributed by atoms with Crippen LogP contribution in [0.2, 0.25) is 0 Å². The van der Waals surface area contributed by atoms with Crippen LogP contribution in [0.1, 0.15) is 12.8 Å². The third-order valence-corrected chi connectivity index (χ3v) is 2.03. The first-order valence-corrected chi connectivity index (χ1v) is 4.23. The zero-order chi connectivity index (χ0) is 8.10. The van der Waals surface area contributed by atoms with Crippen molar-refractivity contribution in [1.82, 2.24) is 4.57 Å². The second-order valence-corrected chi connectivity index (χ2v) is 2.98. The average molecular weight is 168 g/mol. The van der Waals surface area contributed by atoms with E-state index in [0.717, 1.165) is 6.42 Å². The highest BCUT2D eigenvalue weighted by Gasteiger charge is 1.94. The van der Waals surface area contributed by atoms with E-state index in [0.29, 0.717) is 13.0 Å². The molecule has 0 aliphatic rings. The van der Waals surface area contributed by atoms with E-state index < -0.39 is 0 Å². The first kappa shape index (κ1) is 8.02. The molecule has 0 spiro atoms. The molecular weight excluding hydrogens is 160 g/mol. The maximum atomic E-state index is 10.9. The smallest absolute Gasteiger partial charge is 0.306 e. The highest BCUT2D eigenvalue weighted by molar-refractivity contribution is 7.07. The summed E-state index contributed by atoms with van der Waals surface area (Å²) in [6.45, 7) is 0.663. The highest BCUT2D eigenvalue weighted by Crippen LogP contribution is 1.93. The van der Waals surface area contributed by atoms with E-state index in [4.69, 9.17) is 5.26 Å². The third-order valence-electron chi connectivity index (χ3n) is 1.33. The van der Waals surface area contributed by atoms with Crippen LogP contribution in [0.15, 0.2) is 16.4 Å². The minimum absolute atomic E-state index is 0.0583. The van der Waals surface area contributed by atoms with Gasteiger partial charge in [0.05, 0.1) is 6.07 Å². The van der Waals surface area contributed by atoms with Crippen LogP contribution in [0, 0.1) is 11.3 Å². The summed E-state index contributed by atoms with van der Waals surface area (Å²) in [7, 11) is 0. The van der Waals surface area contributed by atoms with Crippen LogP contribution in [0.3, 0.4) is 0 Å². The van der Waals surface area contributed by atoms with Gasteiger partial charge in [-0.15, -0.1) is 0 Å². The van der Waals surface area contributed by atoms with Crippen LogP contribution in [-0.4, -0.2) is 4.57 Å². The molecule has 0 N–H and O–H groups in total. The Bertz CT molecular complexity index is 307. The highest BCUT2D eigenvalue weighted by atomic mass is 32.1. The van der Waals surface area contributed by atoms with Crippen molar-refractivity contribution in [2.24, 2.45) is 0 Å².